The van der Waals surface area contributed by atoms with E-state index in [0.29, 0.717) is 30.7 Å². The summed E-state index contributed by atoms with van der Waals surface area (Å²) >= 11 is 0. The van der Waals surface area contributed by atoms with E-state index >= 15 is 0 Å². The molecule has 2 N–H and O–H groups in total. The number of rotatable bonds is 5. The zero-order valence-electron chi connectivity index (χ0n) is 16.2. The van der Waals surface area contributed by atoms with Gasteiger partial charge in [-0.25, -0.2) is 9.97 Å². The molecule has 2 aromatic rings. The van der Waals surface area contributed by atoms with Crippen molar-refractivity contribution in [1.29, 1.82) is 0 Å². The normalized spacial score (nSPS) is 19.6. The minimum Gasteiger partial charge on any atom is -0.354 e. The smallest absolute Gasteiger partial charge is 0.271 e. The molecule has 2 aromatic heterocycles. The van der Waals surface area contributed by atoms with Crippen LogP contribution in [0, 0.1) is 5.92 Å². The van der Waals surface area contributed by atoms with Gasteiger partial charge in [-0.2, -0.15) is 0 Å². The highest BCUT2D eigenvalue weighted by molar-refractivity contribution is 14.0. The van der Waals surface area contributed by atoms with E-state index in [2.05, 4.69) is 47.0 Å². The Balaban J connectivity index is 0.00000280. The van der Waals surface area contributed by atoms with Gasteiger partial charge in [-0.1, -0.05) is 6.92 Å². The number of carbonyl (C=O) groups is 1. The summed E-state index contributed by atoms with van der Waals surface area (Å²) in [6.45, 7) is 5.17. The summed E-state index contributed by atoms with van der Waals surface area (Å²) in [4.78, 5) is 30.7. The molecule has 0 spiro atoms. The highest BCUT2D eigenvalue weighted by atomic mass is 127. The number of hydrogen-bond acceptors (Lipinski definition) is 5. The van der Waals surface area contributed by atoms with Crippen LogP contribution in [-0.4, -0.2) is 69.5 Å². The van der Waals surface area contributed by atoms with E-state index in [1.807, 2.05) is 18.7 Å². The van der Waals surface area contributed by atoms with Gasteiger partial charge in [-0.05, 0) is 12.3 Å². The van der Waals surface area contributed by atoms with E-state index in [-0.39, 0.29) is 29.9 Å². The molecule has 0 aliphatic carbocycles. The molecule has 0 saturated carbocycles. The molecule has 1 fully saturated rings. The molecule has 1 aliphatic heterocycles. The number of piperidine rings is 1. The molecule has 0 radical (unpaired) electrons. The fourth-order valence-corrected chi connectivity index (χ4v) is 3.28. The topological polar surface area (TPSA) is 100 Å². The standard InChI is InChI=1S/C18H26N8O.HI/c1-14-3-9-25(12-16(14)26-10-8-21-13-26)18(19-2)24-7-6-23-17(27)15-11-20-4-5-22-15;/h4-5,8,10-11,13-14,16H,3,6-7,9,12H2,1-2H3,(H,19,24)(H,23,27);1H. The summed E-state index contributed by atoms with van der Waals surface area (Å²) < 4.78 is 2.17. The molecular weight excluding hydrogens is 471 g/mol. The zero-order chi connectivity index (χ0) is 19.1. The first kappa shape index (κ1) is 22.1. The first-order valence-electron chi connectivity index (χ1n) is 9.16. The molecule has 3 heterocycles. The first-order valence-corrected chi connectivity index (χ1v) is 9.16. The van der Waals surface area contributed by atoms with Crippen LogP contribution in [0.4, 0.5) is 0 Å². The van der Waals surface area contributed by atoms with E-state index in [9.17, 15) is 4.79 Å². The summed E-state index contributed by atoms with van der Waals surface area (Å²) in [5, 5.41) is 6.16. The Labute approximate surface area is 182 Å². The zero-order valence-corrected chi connectivity index (χ0v) is 18.5. The van der Waals surface area contributed by atoms with E-state index in [1.54, 1.807) is 13.2 Å². The molecule has 1 aliphatic rings. The average Bonchev–Trinajstić information content (AvgIpc) is 3.24. The molecule has 10 heteroatoms. The number of likely N-dealkylation sites (tertiary alicyclic amines) is 1. The minimum atomic E-state index is -0.230. The summed E-state index contributed by atoms with van der Waals surface area (Å²) in [6.07, 6.45) is 11.3. The Morgan fingerprint density at radius 1 is 1.25 bits per heavy atom. The van der Waals surface area contributed by atoms with Crippen molar-refractivity contribution in [2.24, 2.45) is 10.9 Å². The van der Waals surface area contributed by atoms with E-state index in [4.69, 9.17) is 0 Å². The Morgan fingerprint density at radius 3 is 2.75 bits per heavy atom. The third-order valence-corrected chi connectivity index (χ3v) is 4.83. The van der Waals surface area contributed by atoms with Gasteiger partial charge in [0, 0.05) is 58.0 Å². The molecule has 0 bridgehead atoms. The van der Waals surface area contributed by atoms with Crippen molar-refractivity contribution in [3.63, 3.8) is 0 Å². The van der Waals surface area contributed by atoms with Gasteiger partial charge >= 0.3 is 0 Å². The lowest BCUT2D eigenvalue weighted by molar-refractivity contribution is 0.0948. The Hall–Kier alpha value is -2.24. The number of guanidine groups is 1. The van der Waals surface area contributed by atoms with Crippen LogP contribution < -0.4 is 10.6 Å². The third-order valence-electron chi connectivity index (χ3n) is 4.83. The van der Waals surface area contributed by atoms with Crippen molar-refractivity contribution < 1.29 is 4.79 Å². The molecular formula is C18H27IN8O. The van der Waals surface area contributed by atoms with Gasteiger partial charge in [-0.15, -0.1) is 24.0 Å². The van der Waals surface area contributed by atoms with Gasteiger partial charge in [0.2, 0.25) is 0 Å². The van der Waals surface area contributed by atoms with Crippen LogP contribution in [0.1, 0.15) is 29.9 Å². The molecule has 0 aromatic carbocycles. The highest BCUT2D eigenvalue weighted by Crippen LogP contribution is 2.27. The fourth-order valence-electron chi connectivity index (χ4n) is 3.28. The van der Waals surface area contributed by atoms with Gasteiger partial charge in [0.15, 0.2) is 5.96 Å². The molecule has 1 saturated heterocycles. The molecule has 3 rings (SSSR count). The Morgan fingerprint density at radius 2 is 2.07 bits per heavy atom. The maximum absolute atomic E-state index is 12.0. The maximum Gasteiger partial charge on any atom is 0.271 e. The number of hydrogen-bond donors (Lipinski definition) is 2. The second-order valence-electron chi connectivity index (χ2n) is 6.61. The quantitative estimate of drug-likeness (QED) is 0.278. The lowest BCUT2D eigenvalue weighted by Crippen LogP contribution is -2.50. The Kier molecular flexibility index (Phi) is 8.61. The predicted molar refractivity (Wildman–Crippen MR) is 118 cm³/mol. The van der Waals surface area contributed by atoms with Crippen molar-refractivity contribution in [3.8, 4) is 0 Å². The van der Waals surface area contributed by atoms with Crippen molar-refractivity contribution in [1.82, 2.24) is 35.1 Å². The minimum absolute atomic E-state index is 0. The largest absolute Gasteiger partial charge is 0.354 e. The van der Waals surface area contributed by atoms with Gasteiger partial charge in [0.1, 0.15) is 5.69 Å². The van der Waals surface area contributed by atoms with Crippen LogP contribution >= 0.6 is 24.0 Å². The van der Waals surface area contributed by atoms with Crippen molar-refractivity contribution in [3.05, 3.63) is 43.0 Å². The van der Waals surface area contributed by atoms with Crippen LogP contribution in [0.15, 0.2) is 42.3 Å². The molecule has 2 atom stereocenters. The van der Waals surface area contributed by atoms with Crippen LogP contribution in [0.2, 0.25) is 0 Å². The number of carbonyl (C=O) groups excluding carboxylic acids is 1. The third kappa shape index (κ3) is 5.63. The summed E-state index contributed by atoms with van der Waals surface area (Å²) in [5.41, 5.74) is 0.315. The van der Waals surface area contributed by atoms with Gasteiger partial charge in [0.05, 0.1) is 18.6 Å². The number of nitrogens with one attached hydrogen (secondary N) is 2. The lowest BCUT2D eigenvalue weighted by atomic mass is 9.93. The molecule has 9 nitrogen and oxygen atoms in total. The highest BCUT2D eigenvalue weighted by Gasteiger charge is 2.28. The molecule has 1 amide bonds. The second-order valence-corrected chi connectivity index (χ2v) is 6.61. The van der Waals surface area contributed by atoms with Gasteiger partial charge in [-0.3, -0.25) is 14.8 Å². The van der Waals surface area contributed by atoms with Crippen LogP contribution in [0.25, 0.3) is 0 Å². The van der Waals surface area contributed by atoms with E-state index < -0.39 is 0 Å². The summed E-state index contributed by atoms with van der Waals surface area (Å²) in [6, 6.07) is 0.371. The van der Waals surface area contributed by atoms with Crippen LogP contribution in [-0.2, 0) is 0 Å². The number of aliphatic imine (C=N–C) groups is 1. The first-order chi connectivity index (χ1) is 13.2. The summed E-state index contributed by atoms with van der Waals surface area (Å²) in [5.74, 6) is 1.20. The fraction of sp³-hybridized carbons (Fsp3) is 0.500. The second kappa shape index (κ2) is 10.9. The number of aromatic nitrogens is 4. The maximum atomic E-state index is 12.0. The Bertz CT molecular complexity index is 752. The molecule has 2 unspecified atom stereocenters. The number of nitrogens with zero attached hydrogens (tertiary/aromatic N) is 6. The molecule has 28 heavy (non-hydrogen) atoms. The SMILES string of the molecule is CN=C(NCCNC(=O)c1cnccn1)N1CCC(C)C(n2ccnc2)C1.I. The summed E-state index contributed by atoms with van der Waals surface area (Å²) in [7, 11) is 1.78. The predicted octanol–water partition coefficient (Wildman–Crippen LogP) is 1.18. The van der Waals surface area contributed by atoms with Crippen molar-refractivity contribution >= 4 is 35.8 Å². The van der Waals surface area contributed by atoms with Crippen molar-refractivity contribution in [2.75, 3.05) is 33.2 Å². The van der Waals surface area contributed by atoms with E-state index in [1.165, 1.54) is 12.4 Å². The van der Waals surface area contributed by atoms with Gasteiger partial charge < -0.3 is 20.1 Å². The number of imidazole rings is 1. The number of amides is 1. The van der Waals surface area contributed by atoms with Crippen LogP contribution in [0.3, 0.4) is 0 Å². The lowest BCUT2D eigenvalue weighted by Gasteiger charge is -2.39. The number of halogens is 1. The van der Waals surface area contributed by atoms with Gasteiger partial charge in [0.25, 0.3) is 5.91 Å². The average molecular weight is 498 g/mol. The molecule has 152 valence electrons. The monoisotopic (exact) mass is 498 g/mol. The van der Waals surface area contributed by atoms with Crippen molar-refractivity contribution in [2.45, 2.75) is 19.4 Å². The van der Waals surface area contributed by atoms with E-state index in [0.717, 1.165) is 25.5 Å². The van der Waals surface area contributed by atoms with Crippen LogP contribution in [0.5, 0.6) is 0 Å².